The molecule has 5 rings (SSSR count). The summed E-state index contributed by atoms with van der Waals surface area (Å²) in [6.07, 6.45) is -0.0792. The summed E-state index contributed by atoms with van der Waals surface area (Å²) in [7, 11) is -3.09. The number of alkyl carbamates (subject to hydrolysis) is 1. The Hall–Kier alpha value is -5.38. The molecule has 0 bridgehead atoms. The van der Waals surface area contributed by atoms with E-state index in [2.05, 4.69) is 17.2 Å². The van der Waals surface area contributed by atoms with Gasteiger partial charge in [0.25, 0.3) is 15.9 Å². The Labute approximate surface area is 372 Å². The molecule has 1 unspecified atom stereocenters. The fourth-order valence-electron chi connectivity index (χ4n) is 6.96. The van der Waals surface area contributed by atoms with Crippen molar-refractivity contribution in [2.24, 2.45) is 5.41 Å². The highest BCUT2D eigenvalue weighted by atomic mass is 35.5. The van der Waals surface area contributed by atoms with Crippen molar-refractivity contribution in [1.82, 2.24) is 25.2 Å². The van der Waals surface area contributed by atoms with Gasteiger partial charge in [-0.1, -0.05) is 86.4 Å². The largest absolute Gasteiger partial charge is 0.497 e. The maximum atomic E-state index is 14.8. The van der Waals surface area contributed by atoms with E-state index in [4.69, 9.17) is 42.4 Å². The maximum absolute atomic E-state index is 14.8. The van der Waals surface area contributed by atoms with Gasteiger partial charge in [0.1, 0.15) is 45.7 Å². The van der Waals surface area contributed by atoms with Crippen LogP contribution in [0.3, 0.4) is 0 Å². The fraction of sp³-hybridized carbons (Fsp3) is 0.400. The van der Waals surface area contributed by atoms with Crippen LogP contribution in [0.1, 0.15) is 67.7 Å². The normalized spacial score (nSPS) is 17.0. The predicted molar refractivity (Wildman–Crippen MR) is 239 cm³/mol. The summed E-state index contributed by atoms with van der Waals surface area (Å²) in [4.78, 5) is 62.4. The molecule has 0 aliphatic carbocycles. The molecule has 1 aromatic heterocycles. The first-order chi connectivity index (χ1) is 29.0. The van der Waals surface area contributed by atoms with Crippen LogP contribution in [0.15, 0.2) is 90.3 Å². The van der Waals surface area contributed by atoms with E-state index in [1.165, 1.54) is 36.1 Å². The molecule has 2 heterocycles. The van der Waals surface area contributed by atoms with Crippen LogP contribution in [-0.2, 0) is 29.1 Å². The highest BCUT2D eigenvalue weighted by Gasteiger charge is 2.48. The first-order valence-corrected chi connectivity index (χ1v) is 22.2. The van der Waals surface area contributed by atoms with Gasteiger partial charge in [-0.25, -0.2) is 22.9 Å². The number of nitrogens with one attached hydrogen (secondary N) is 3. The number of nitrogens with zero attached hydrogens (tertiary/aromatic N) is 2. The molecule has 332 valence electrons. The standard InChI is InChI=1S/C45H53Cl2N5O9S/c1-10-11-22-45(8,41(55)51-62(57,58)37-31(46)18-15-19-32(37)47)50-39(53)35-24-29(26-52(35)40(54)38(43(2,3)4)49-42(56)61-44(5,6)7)60-36-25-33(27-16-13-12-14-17-27)48-34-23-28(59-9)20-21-30(34)36/h10,12-21,23,25,29,35,38H,1,11,22,24,26H2,2-9H3,(H,49,56)(H,50,53)(H,51,55)/t29-,35+,38?,45+/m1/s1. The molecule has 62 heavy (non-hydrogen) atoms. The molecular formula is C45H53Cl2N5O9S. The van der Waals surface area contributed by atoms with Crippen LogP contribution in [0.4, 0.5) is 4.79 Å². The predicted octanol–water partition coefficient (Wildman–Crippen LogP) is 7.85. The van der Waals surface area contributed by atoms with Gasteiger partial charge in [-0.05, 0) is 70.2 Å². The zero-order chi connectivity index (χ0) is 45.8. The molecule has 0 radical (unpaired) electrons. The smallest absolute Gasteiger partial charge is 0.408 e. The van der Waals surface area contributed by atoms with E-state index in [0.29, 0.717) is 28.1 Å². The average molecular weight is 911 g/mol. The highest BCUT2D eigenvalue weighted by Crippen LogP contribution is 2.36. The van der Waals surface area contributed by atoms with E-state index in [-0.39, 0.29) is 35.9 Å². The van der Waals surface area contributed by atoms with Crippen molar-refractivity contribution in [3.63, 3.8) is 0 Å². The van der Waals surface area contributed by atoms with Crippen molar-refractivity contribution >= 4 is 67.9 Å². The first kappa shape index (κ1) is 47.7. The second kappa shape index (κ2) is 18.9. The second-order valence-corrected chi connectivity index (χ2v) is 19.7. The summed E-state index contributed by atoms with van der Waals surface area (Å²) in [5.41, 5.74) is -1.63. The molecular weight excluding hydrogens is 857 g/mol. The minimum atomic E-state index is -4.64. The average Bonchev–Trinajstić information content (AvgIpc) is 3.61. The summed E-state index contributed by atoms with van der Waals surface area (Å²) in [6.45, 7) is 15.3. The summed E-state index contributed by atoms with van der Waals surface area (Å²) in [5.74, 6) is -1.48. The Morgan fingerprint density at radius 2 is 1.61 bits per heavy atom. The molecule has 1 aliphatic heterocycles. The van der Waals surface area contributed by atoms with Gasteiger partial charge in [-0.3, -0.25) is 14.4 Å². The number of carbonyl (C=O) groups is 4. The number of rotatable bonds is 14. The van der Waals surface area contributed by atoms with Gasteiger partial charge in [0.05, 0.1) is 34.9 Å². The highest BCUT2D eigenvalue weighted by molar-refractivity contribution is 7.90. The van der Waals surface area contributed by atoms with Crippen molar-refractivity contribution in [2.75, 3.05) is 13.7 Å². The van der Waals surface area contributed by atoms with Crippen molar-refractivity contribution < 1.29 is 41.8 Å². The Morgan fingerprint density at radius 1 is 0.952 bits per heavy atom. The lowest BCUT2D eigenvalue weighted by Crippen LogP contribution is -2.62. The molecule has 3 aromatic carbocycles. The number of methoxy groups -OCH3 is 1. The third-order valence-electron chi connectivity index (χ3n) is 10.1. The summed E-state index contributed by atoms with van der Waals surface area (Å²) in [5, 5.41) is 5.67. The lowest BCUT2D eigenvalue weighted by Gasteiger charge is -2.36. The van der Waals surface area contributed by atoms with E-state index in [9.17, 15) is 27.6 Å². The Kier molecular flexibility index (Phi) is 14.6. The van der Waals surface area contributed by atoms with Crippen LogP contribution in [0, 0.1) is 5.41 Å². The van der Waals surface area contributed by atoms with E-state index >= 15 is 0 Å². The van der Waals surface area contributed by atoms with Gasteiger partial charge in [-0.2, -0.15) is 0 Å². The third-order valence-corrected chi connectivity index (χ3v) is 12.4. The molecule has 1 fully saturated rings. The molecule has 17 heteroatoms. The van der Waals surface area contributed by atoms with Gasteiger partial charge in [0.15, 0.2) is 0 Å². The van der Waals surface area contributed by atoms with Crippen LogP contribution in [0.25, 0.3) is 22.2 Å². The van der Waals surface area contributed by atoms with Crippen LogP contribution < -0.4 is 24.8 Å². The molecule has 3 N–H and O–H groups in total. The van der Waals surface area contributed by atoms with Crippen LogP contribution in [0.2, 0.25) is 10.0 Å². The monoisotopic (exact) mass is 909 g/mol. The Balaban J connectivity index is 1.54. The Morgan fingerprint density at radius 3 is 2.21 bits per heavy atom. The van der Waals surface area contributed by atoms with Crippen LogP contribution in [-0.4, -0.2) is 85.1 Å². The van der Waals surface area contributed by atoms with Crippen molar-refractivity contribution in [3.05, 3.63) is 95.5 Å². The fourth-order valence-corrected chi connectivity index (χ4v) is 9.18. The topological polar surface area (TPSA) is 182 Å². The summed E-state index contributed by atoms with van der Waals surface area (Å²) >= 11 is 12.4. The summed E-state index contributed by atoms with van der Waals surface area (Å²) < 4.78 is 46.8. The number of fused-ring (bicyclic) bond motifs is 1. The van der Waals surface area contributed by atoms with E-state index in [1.54, 1.807) is 72.9 Å². The molecule has 0 saturated carbocycles. The molecule has 4 amide bonds. The number of ether oxygens (including phenoxy) is 3. The van der Waals surface area contributed by atoms with Crippen molar-refractivity contribution in [3.8, 4) is 22.8 Å². The lowest BCUT2D eigenvalue weighted by atomic mass is 9.85. The minimum absolute atomic E-state index is 0.0613. The van der Waals surface area contributed by atoms with Crippen LogP contribution in [0.5, 0.6) is 11.5 Å². The number of hydrogen-bond acceptors (Lipinski definition) is 10. The number of carbonyl (C=O) groups excluding carboxylic acids is 4. The number of halogens is 2. The van der Waals surface area contributed by atoms with E-state index < -0.39 is 73.5 Å². The zero-order valence-electron chi connectivity index (χ0n) is 36.0. The SMILES string of the molecule is C=CCC[C@](C)(NC(=O)[C@@H]1C[C@@H](Oc2cc(-c3ccccc3)nc3cc(OC)ccc23)CN1C(=O)C(NC(=O)OC(C)(C)C)C(C)(C)C)C(=O)NS(=O)(=O)c1c(Cl)cccc1Cl. The number of allylic oxidation sites excluding steroid dienone is 1. The third kappa shape index (κ3) is 11.4. The number of aromatic nitrogens is 1. The Bertz CT molecular complexity index is 2440. The molecule has 1 saturated heterocycles. The minimum Gasteiger partial charge on any atom is -0.497 e. The van der Waals surface area contributed by atoms with Crippen molar-refractivity contribution in [1.29, 1.82) is 0 Å². The molecule has 14 nitrogen and oxygen atoms in total. The van der Waals surface area contributed by atoms with Gasteiger partial charge in [0, 0.05) is 29.5 Å². The van der Waals surface area contributed by atoms with Crippen LogP contribution >= 0.6 is 23.2 Å². The van der Waals surface area contributed by atoms with E-state index in [0.717, 1.165) is 5.56 Å². The molecule has 4 aromatic rings. The molecule has 0 spiro atoms. The van der Waals surface area contributed by atoms with Gasteiger partial charge in [0.2, 0.25) is 11.8 Å². The first-order valence-electron chi connectivity index (χ1n) is 19.9. The number of amides is 4. The molecule has 4 atom stereocenters. The maximum Gasteiger partial charge on any atom is 0.408 e. The number of sulfonamides is 1. The zero-order valence-corrected chi connectivity index (χ0v) is 38.3. The number of hydrogen-bond donors (Lipinski definition) is 3. The quantitative estimate of drug-likeness (QED) is 0.105. The second-order valence-electron chi connectivity index (χ2n) is 17.3. The lowest BCUT2D eigenvalue weighted by molar-refractivity contribution is -0.143. The van der Waals surface area contributed by atoms with Gasteiger partial charge < -0.3 is 29.7 Å². The van der Waals surface area contributed by atoms with Gasteiger partial charge >= 0.3 is 6.09 Å². The number of benzene rings is 3. The summed E-state index contributed by atoms with van der Waals surface area (Å²) in [6, 6.07) is 18.2. The van der Waals surface area contributed by atoms with E-state index in [1.807, 2.05) is 35.1 Å². The van der Waals surface area contributed by atoms with Gasteiger partial charge in [-0.15, -0.1) is 6.58 Å². The van der Waals surface area contributed by atoms with Crippen molar-refractivity contribution in [2.45, 2.75) is 102 Å². The molecule has 1 aliphatic rings. The number of pyridine rings is 1. The number of likely N-dealkylation sites (tertiary alicyclic amines) is 1.